The van der Waals surface area contributed by atoms with Crippen molar-refractivity contribution < 1.29 is 19.4 Å². The van der Waals surface area contributed by atoms with Gasteiger partial charge in [0.25, 0.3) is 0 Å². The van der Waals surface area contributed by atoms with E-state index in [-0.39, 0.29) is 18.5 Å². The second-order valence-electron chi connectivity index (χ2n) is 10.6. The van der Waals surface area contributed by atoms with Crippen LogP contribution in [-0.4, -0.2) is 23.1 Å². The van der Waals surface area contributed by atoms with Crippen LogP contribution in [0, 0.1) is 0 Å². The van der Waals surface area contributed by atoms with Gasteiger partial charge in [0.1, 0.15) is 6.10 Å². The highest BCUT2D eigenvalue weighted by Gasteiger charge is 2.14. The van der Waals surface area contributed by atoms with Crippen LogP contribution in [0.25, 0.3) is 0 Å². The van der Waals surface area contributed by atoms with E-state index in [2.05, 4.69) is 26.0 Å². The van der Waals surface area contributed by atoms with Gasteiger partial charge >= 0.3 is 11.9 Å². The zero-order chi connectivity index (χ0) is 26.5. The molecule has 1 N–H and O–H groups in total. The van der Waals surface area contributed by atoms with Gasteiger partial charge in [-0.25, -0.2) is 0 Å². The van der Waals surface area contributed by atoms with Crippen molar-refractivity contribution in [3.05, 3.63) is 12.2 Å². The van der Waals surface area contributed by atoms with Crippen LogP contribution in [0.4, 0.5) is 0 Å². The number of carbonyl (C=O) groups excluding carboxylic acids is 1. The average Bonchev–Trinajstić information content (AvgIpc) is 2.85. The molecule has 4 nitrogen and oxygen atoms in total. The first-order valence-electron chi connectivity index (χ1n) is 15.7. The lowest BCUT2D eigenvalue weighted by molar-refractivity contribution is -0.150. The SMILES string of the molecule is CCCCCCCC/C=C\CCCCCCCC(=O)OC(CCCCCCC)CCCCCC(=O)O. The summed E-state index contributed by atoms with van der Waals surface area (Å²) in [5.74, 6) is -0.773. The molecule has 0 heterocycles. The molecule has 0 aliphatic rings. The van der Waals surface area contributed by atoms with Gasteiger partial charge in [-0.1, -0.05) is 109 Å². The third kappa shape index (κ3) is 27.3. The molecule has 1 atom stereocenters. The molecule has 0 rings (SSSR count). The number of aliphatic carboxylic acids is 1. The number of allylic oxidation sites excluding steroid dienone is 2. The Hall–Kier alpha value is -1.32. The van der Waals surface area contributed by atoms with Gasteiger partial charge < -0.3 is 9.84 Å². The highest BCUT2D eigenvalue weighted by atomic mass is 16.5. The quantitative estimate of drug-likeness (QED) is 0.0648. The Bertz CT molecular complexity index is 514. The summed E-state index contributed by atoms with van der Waals surface area (Å²) in [5, 5.41) is 8.79. The minimum absolute atomic E-state index is 0.00656. The van der Waals surface area contributed by atoms with Crippen LogP contribution in [0.5, 0.6) is 0 Å². The van der Waals surface area contributed by atoms with E-state index >= 15 is 0 Å². The molecule has 36 heavy (non-hydrogen) atoms. The number of carbonyl (C=O) groups is 2. The molecule has 0 spiro atoms. The van der Waals surface area contributed by atoms with Crippen molar-refractivity contribution in [3.8, 4) is 0 Å². The first-order valence-corrected chi connectivity index (χ1v) is 15.7. The first-order chi connectivity index (χ1) is 17.6. The van der Waals surface area contributed by atoms with Crippen LogP contribution in [0.2, 0.25) is 0 Å². The smallest absolute Gasteiger partial charge is 0.306 e. The summed E-state index contributed by atoms with van der Waals surface area (Å²) < 4.78 is 5.84. The molecule has 0 radical (unpaired) electrons. The molecule has 0 aromatic carbocycles. The highest BCUT2D eigenvalue weighted by Crippen LogP contribution is 2.18. The van der Waals surface area contributed by atoms with E-state index < -0.39 is 5.97 Å². The Morgan fingerprint density at radius 3 is 1.53 bits per heavy atom. The molecule has 0 aromatic rings. The summed E-state index contributed by atoms with van der Waals surface area (Å²) in [6, 6.07) is 0. The zero-order valence-electron chi connectivity index (χ0n) is 24.1. The fraction of sp³-hybridized carbons (Fsp3) is 0.875. The lowest BCUT2D eigenvalue weighted by Gasteiger charge is -2.18. The van der Waals surface area contributed by atoms with Gasteiger partial charge in [0, 0.05) is 12.8 Å². The van der Waals surface area contributed by atoms with Gasteiger partial charge in [-0.05, 0) is 64.2 Å². The largest absolute Gasteiger partial charge is 0.481 e. The van der Waals surface area contributed by atoms with E-state index in [9.17, 15) is 9.59 Å². The maximum atomic E-state index is 12.4. The fourth-order valence-electron chi connectivity index (χ4n) is 4.65. The maximum absolute atomic E-state index is 12.4. The van der Waals surface area contributed by atoms with Gasteiger partial charge in [0.15, 0.2) is 0 Å². The topological polar surface area (TPSA) is 63.6 Å². The minimum Gasteiger partial charge on any atom is -0.481 e. The van der Waals surface area contributed by atoms with E-state index in [1.54, 1.807) is 0 Å². The summed E-state index contributed by atoms with van der Waals surface area (Å²) in [6.07, 6.45) is 32.3. The van der Waals surface area contributed by atoms with Gasteiger partial charge in [-0.15, -0.1) is 0 Å². The van der Waals surface area contributed by atoms with E-state index in [0.717, 1.165) is 44.9 Å². The number of carboxylic acid groups (broad SMARTS) is 1. The molecule has 0 fully saturated rings. The Morgan fingerprint density at radius 2 is 1.00 bits per heavy atom. The van der Waals surface area contributed by atoms with Crippen LogP contribution in [0.3, 0.4) is 0 Å². The standard InChI is InChI=1S/C32H60O4/c1-3-5-7-9-10-11-12-13-14-15-16-17-18-20-25-29-32(35)36-30(26-22-19-8-6-4-2)27-23-21-24-28-31(33)34/h13-14,30H,3-12,15-29H2,1-2H3,(H,33,34)/b14-13-. The molecule has 0 amide bonds. The molecule has 0 bridgehead atoms. The van der Waals surface area contributed by atoms with Crippen molar-refractivity contribution in [2.24, 2.45) is 0 Å². The Kier molecular flexibility index (Phi) is 27.2. The second kappa shape index (κ2) is 28.3. The Balaban J connectivity index is 3.83. The summed E-state index contributed by atoms with van der Waals surface area (Å²) in [7, 11) is 0. The fourth-order valence-corrected chi connectivity index (χ4v) is 4.65. The van der Waals surface area contributed by atoms with Crippen LogP contribution in [0.1, 0.15) is 174 Å². The van der Waals surface area contributed by atoms with Crippen LogP contribution in [-0.2, 0) is 14.3 Å². The number of rotatable bonds is 28. The van der Waals surface area contributed by atoms with Gasteiger partial charge in [0.2, 0.25) is 0 Å². The summed E-state index contributed by atoms with van der Waals surface area (Å²) in [4.78, 5) is 23.1. The molecule has 0 saturated carbocycles. The predicted octanol–water partition coefficient (Wildman–Crippen LogP) is 10.3. The molecular weight excluding hydrogens is 448 g/mol. The van der Waals surface area contributed by atoms with Crippen molar-refractivity contribution in [2.75, 3.05) is 0 Å². The molecule has 4 heteroatoms. The van der Waals surface area contributed by atoms with Crippen molar-refractivity contribution in [2.45, 2.75) is 180 Å². The monoisotopic (exact) mass is 508 g/mol. The second-order valence-corrected chi connectivity index (χ2v) is 10.6. The predicted molar refractivity (Wildman–Crippen MR) is 153 cm³/mol. The molecule has 212 valence electrons. The molecule has 0 aliphatic heterocycles. The number of hydrogen-bond donors (Lipinski definition) is 1. The van der Waals surface area contributed by atoms with Gasteiger partial charge in [-0.3, -0.25) is 9.59 Å². The molecule has 1 unspecified atom stereocenters. The van der Waals surface area contributed by atoms with Crippen LogP contribution in [0.15, 0.2) is 12.2 Å². The number of esters is 1. The van der Waals surface area contributed by atoms with E-state index in [1.807, 2.05) is 0 Å². The summed E-state index contributed by atoms with van der Waals surface area (Å²) in [6.45, 7) is 4.48. The minimum atomic E-state index is -0.728. The van der Waals surface area contributed by atoms with Crippen molar-refractivity contribution in [1.82, 2.24) is 0 Å². The van der Waals surface area contributed by atoms with Gasteiger partial charge in [0.05, 0.1) is 0 Å². The summed E-state index contributed by atoms with van der Waals surface area (Å²) >= 11 is 0. The number of unbranched alkanes of at least 4 members (excludes halogenated alkanes) is 17. The van der Waals surface area contributed by atoms with E-state index in [0.29, 0.717) is 12.8 Å². The van der Waals surface area contributed by atoms with Gasteiger partial charge in [-0.2, -0.15) is 0 Å². The lowest BCUT2D eigenvalue weighted by atomic mass is 10.0. The summed E-state index contributed by atoms with van der Waals surface area (Å²) in [5.41, 5.74) is 0. The number of hydrogen-bond acceptors (Lipinski definition) is 3. The van der Waals surface area contributed by atoms with Crippen LogP contribution >= 0.6 is 0 Å². The Labute approximate surface area is 224 Å². The third-order valence-corrected chi connectivity index (χ3v) is 6.99. The van der Waals surface area contributed by atoms with E-state index in [1.165, 1.54) is 96.3 Å². The molecular formula is C32H60O4. The lowest BCUT2D eigenvalue weighted by Crippen LogP contribution is -2.18. The third-order valence-electron chi connectivity index (χ3n) is 6.99. The maximum Gasteiger partial charge on any atom is 0.306 e. The molecule has 0 saturated heterocycles. The average molecular weight is 509 g/mol. The van der Waals surface area contributed by atoms with Crippen LogP contribution < -0.4 is 0 Å². The molecule has 0 aliphatic carbocycles. The number of carboxylic acids is 1. The Morgan fingerprint density at radius 1 is 0.583 bits per heavy atom. The van der Waals surface area contributed by atoms with Crippen molar-refractivity contribution in [1.29, 1.82) is 0 Å². The van der Waals surface area contributed by atoms with Crippen molar-refractivity contribution >= 4 is 11.9 Å². The normalized spacial score (nSPS) is 12.3. The highest BCUT2D eigenvalue weighted by molar-refractivity contribution is 5.69. The first kappa shape index (κ1) is 34.7. The van der Waals surface area contributed by atoms with E-state index in [4.69, 9.17) is 9.84 Å². The molecule has 0 aromatic heterocycles. The van der Waals surface area contributed by atoms with Crippen molar-refractivity contribution in [3.63, 3.8) is 0 Å². The number of ether oxygens (including phenoxy) is 1. The zero-order valence-corrected chi connectivity index (χ0v) is 24.1.